The number of carbonyl (C=O) groups excluding carboxylic acids is 1. The molecule has 0 aliphatic heterocycles. The molecule has 1 aliphatic carbocycles. The predicted octanol–water partition coefficient (Wildman–Crippen LogP) is 2.85. The molecule has 0 bridgehead atoms. The molecule has 0 unspecified atom stereocenters. The lowest BCUT2D eigenvalue weighted by molar-refractivity contribution is 0.0696. The molecule has 2 N–H and O–H groups in total. The topological polar surface area (TPSA) is 79.3 Å². The molecule has 5 nitrogen and oxygen atoms in total. The zero-order valence-electron chi connectivity index (χ0n) is 12.6. The number of aromatic carboxylic acids is 1. The van der Waals surface area contributed by atoms with Crippen LogP contribution in [0.5, 0.6) is 0 Å². The Balaban J connectivity index is 1.74. The van der Waals surface area contributed by atoms with Crippen molar-refractivity contribution in [2.24, 2.45) is 0 Å². The van der Waals surface area contributed by atoms with E-state index >= 15 is 0 Å². The summed E-state index contributed by atoms with van der Waals surface area (Å²) in [7, 11) is 0. The van der Waals surface area contributed by atoms with Crippen LogP contribution in [0.1, 0.15) is 51.6 Å². The van der Waals surface area contributed by atoms with Crippen LogP contribution in [0.3, 0.4) is 0 Å². The second kappa shape index (κ2) is 6.60. The molecule has 23 heavy (non-hydrogen) atoms. The van der Waals surface area contributed by atoms with Crippen molar-refractivity contribution in [3.63, 3.8) is 0 Å². The maximum Gasteiger partial charge on any atom is 0.335 e. The van der Waals surface area contributed by atoms with Gasteiger partial charge in [-0.25, -0.2) is 4.79 Å². The molecule has 1 heterocycles. The number of carboxylic acids is 1. The van der Waals surface area contributed by atoms with Gasteiger partial charge in [0.1, 0.15) is 5.69 Å². The minimum absolute atomic E-state index is 0.0557. The third kappa shape index (κ3) is 3.39. The molecular formula is C18H18N2O3. The van der Waals surface area contributed by atoms with Crippen LogP contribution < -0.4 is 5.32 Å². The molecule has 1 aromatic carbocycles. The van der Waals surface area contributed by atoms with E-state index < -0.39 is 5.97 Å². The lowest BCUT2D eigenvalue weighted by atomic mass is 9.94. The number of hydrogen-bond donors (Lipinski definition) is 2. The van der Waals surface area contributed by atoms with Gasteiger partial charge < -0.3 is 10.4 Å². The number of carboxylic acid groups (broad SMARTS) is 1. The first-order valence-electron chi connectivity index (χ1n) is 7.70. The maximum absolute atomic E-state index is 12.4. The lowest BCUT2D eigenvalue weighted by Gasteiger charge is -2.21. The Morgan fingerprint density at radius 1 is 1.13 bits per heavy atom. The molecule has 0 saturated heterocycles. The van der Waals surface area contributed by atoms with E-state index in [0.717, 1.165) is 19.3 Å². The Morgan fingerprint density at radius 2 is 1.91 bits per heavy atom. The van der Waals surface area contributed by atoms with Crippen LogP contribution in [0.25, 0.3) is 0 Å². The zero-order chi connectivity index (χ0) is 16.2. The molecular weight excluding hydrogens is 292 g/mol. The van der Waals surface area contributed by atoms with Gasteiger partial charge in [-0.1, -0.05) is 36.8 Å². The summed E-state index contributed by atoms with van der Waals surface area (Å²) in [4.78, 5) is 27.4. The average molecular weight is 310 g/mol. The number of aromatic nitrogens is 1. The summed E-state index contributed by atoms with van der Waals surface area (Å²) in [6.45, 7) is 0. The van der Waals surface area contributed by atoms with Gasteiger partial charge >= 0.3 is 5.97 Å². The van der Waals surface area contributed by atoms with Gasteiger partial charge in [-0.05, 0) is 30.5 Å². The highest BCUT2D eigenvalue weighted by atomic mass is 16.4. The molecule has 1 aliphatic rings. The fourth-order valence-electron chi connectivity index (χ4n) is 3.16. The van der Waals surface area contributed by atoms with Crippen LogP contribution in [0.2, 0.25) is 0 Å². The number of nitrogens with zero attached hydrogens (tertiary/aromatic N) is 1. The highest BCUT2D eigenvalue weighted by Crippen LogP contribution is 2.34. The third-order valence-electron chi connectivity index (χ3n) is 4.30. The van der Waals surface area contributed by atoms with Gasteiger partial charge in [-0.15, -0.1) is 0 Å². The smallest absolute Gasteiger partial charge is 0.335 e. The molecule has 3 rings (SSSR count). The Kier molecular flexibility index (Phi) is 4.37. The van der Waals surface area contributed by atoms with Crippen LogP contribution in [0.15, 0.2) is 48.7 Å². The van der Waals surface area contributed by atoms with Crippen molar-refractivity contribution in [2.75, 3.05) is 0 Å². The van der Waals surface area contributed by atoms with Gasteiger partial charge in [-0.3, -0.25) is 9.78 Å². The van der Waals surface area contributed by atoms with E-state index in [0.29, 0.717) is 5.92 Å². The largest absolute Gasteiger partial charge is 0.478 e. The maximum atomic E-state index is 12.4. The standard InChI is InChI=1S/C18H18N2O3/c21-17(16-11-13(18(22)23)9-10-19-16)20-15-8-4-7-14(15)12-5-2-1-3-6-12/h1-3,5-6,9-11,14-15H,4,7-8H2,(H,20,21)(H,22,23)/t14-,15+/m0/s1. The summed E-state index contributed by atoms with van der Waals surface area (Å²) in [6.07, 6.45) is 4.37. The number of benzene rings is 1. The molecule has 0 spiro atoms. The van der Waals surface area contributed by atoms with Gasteiger partial charge in [0.2, 0.25) is 0 Å². The van der Waals surface area contributed by atoms with Gasteiger partial charge in [0.05, 0.1) is 5.56 Å². The lowest BCUT2D eigenvalue weighted by Crippen LogP contribution is -2.37. The van der Waals surface area contributed by atoms with Gasteiger partial charge in [-0.2, -0.15) is 0 Å². The SMILES string of the molecule is O=C(O)c1ccnc(C(=O)N[C@@H]2CCC[C@H]2c2ccccc2)c1. The van der Waals surface area contributed by atoms with E-state index in [2.05, 4.69) is 22.4 Å². The first-order chi connectivity index (χ1) is 11.1. The minimum atomic E-state index is -1.07. The monoisotopic (exact) mass is 310 g/mol. The summed E-state index contributed by atoms with van der Waals surface area (Å²) in [5, 5.41) is 12.0. The number of nitrogens with one attached hydrogen (secondary N) is 1. The van der Waals surface area contributed by atoms with Crippen molar-refractivity contribution in [3.8, 4) is 0 Å². The second-order valence-electron chi connectivity index (χ2n) is 5.76. The van der Waals surface area contributed by atoms with Crippen molar-refractivity contribution in [1.82, 2.24) is 10.3 Å². The van der Waals surface area contributed by atoms with Crippen LogP contribution in [-0.2, 0) is 0 Å². The summed E-state index contributed by atoms with van der Waals surface area (Å²) in [6, 6.07) is 12.9. The van der Waals surface area contributed by atoms with Crippen LogP contribution in [0, 0.1) is 0 Å². The van der Waals surface area contributed by atoms with Crippen molar-refractivity contribution < 1.29 is 14.7 Å². The summed E-state index contributed by atoms with van der Waals surface area (Å²) in [5.41, 5.74) is 1.43. The molecule has 5 heteroatoms. The zero-order valence-corrected chi connectivity index (χ0v) is 12.6. The van der Waals surface area contributed by atoms with E-state index in [1.807, 2.05) is 18.2 Å². The van der Waals surface area contributed by atoms with Gasteiger partial charge in [0.15, 0.2) is 0 Å². The molecule has 2 atom stereocenters. The quantitative estimate of drug-likeness (QED) is 0.910. The highest BCUT2D eigenvalue weighted by Gasteiger charge is 2.30. The summed E-state index contributed by atoms with van der Waals surface area (Å²) in [5.74, 6) is -1.09. The van der Waals surface area contributed by atoms with Gasteiger partial charge in [0, 0.05) is 18.2 Å². The fourth-order valence-corrected chi connectivity index (χ4v) is 3.16. The van der Waals surface area contributed by atoms with Crippen molar-refractivity contribution >= 4 is 11.9 Å². The molecule has 118 valence electrons. The van der Waals surface area contributed by atoms with Crippen LogP contribution in [-0.4, -0.2) is 28.0 Å². The Bertz CT molecular complexity index is 715. The van der Waals surface area contributed by atoms with Crippen LogP contribution in [0.4, 0.5) is 0 Å². The number of pyridine rings is 1. The Morgan fingerprint density at radius 3 is 2.65 bits per heavy atom. The van der Waals surface area contributed by atoms with E-state index in [4.69, 9.17) is 5.11 Å². The normalized spacial score (nSPS) is 20.2. The molecule has 1 aromatic heterocycles. The number of carbonyl (C=O) groups is 2. The number of hydrogen-bond acceptors (Lipinski definition) is 3. The Labute approximate surface area is 134 Å². The van der Waals surface area contributed by atoms with Crippen molar-refractivity contribution in [1.29, 1.82) is 0 Å². The first kappa shape index (κ1) is 15.2. The fraction of sp³-hybridized carbons (Fsp3) is 0.278. The molecule has 1 saturated carbocycles. The van der Waals surface area contributed by atoms with E-state index in [1.165, 1.54) is 23.9 Å². The molecule has 0 radical (unpaired) electrons. The predicted molar refractivity (Wildman–Crippen MR) is 85.5 cm³/mol. The van der Waals surface area contributed by atoms with E-state index in [-0.39, 0.29) is 23.2 Å². The summed E-state index contributed by atoms with van der Waals surface area (Å²) < 4.78 is 0. The molecule has 1 fully saturated rings. The third-order valence-corrected chi connectivity index (χ3v) is 4.30. The molecule has 1 amide bonds. The first-order valence-corrected chi connectivity index (χ1v) is 7.70. The Hall–Kier alpha value is -2.69. The average Bonchev–Trinajstić information content (AvgIpc) is 3.04. The highest BCUT2D eigenvalue weighted by molar-refractivity contribution is 5.96. The van der Waals surface area contributed by atoms with Crippen molar-refractivity contribution in [2.45, 2.75) is 31.2 Å². The van der Waals surface area contributed by atoms with Crippen molar-refractivity contribution in [3.05, 3.63) is 65.5 Å². The number of rotatable bonds is 4. The molecule has 2 aromatic rings. The van der Waals surface area contributed by atoms with E-state index in [9.17, 15) is 9.59 Å². The minimum Gasteiger partial charge on any atom is -0.478 e. The van der Waals surface area contributed by atoms with Gasteiger partial charge in [0.25, 0.3) is 5.91 Å². The number of amides is 1. The summed E-state index contributed by atoms with van der Waals surface area (Å²) >= 11 is 0. The van der Waals surface area contributed by atoms with E-state index in [1.54, 1.807) is 0 Å². The van der Waals surface area contributed by atoms with Crippen LogP contribution >= 0.6 is 0 Å². The second-order valence-corrected chi connectivity index (χ2v) is 5.76.